The largest absolute Gasteiger partial charge is 0.463 e. The molecule has 0 aliphatic carbocycles. The summed E-state index contributed by atoms with van der Waals surface area (Å²) in [7, 11) is 0. The molecule has 2 unspecified atom stereocenters. The van der Waals surface area contributed by atoms with E-state index in [-0.39, 0.29) is 18.1 Å². The van der Waals surface area contributed by atoms with Crippen LogP contribution in [0.2, 0.25) is 0 Å². The summed E-state index contributed by atoms with van der Waals surface area (Å²) >= 11 is 1.79. The highest BCUT2D eigenvalue weighted by Crippen LogP contribution is 2.17. The van der Waals surface area contributed by atoms with Crippen molar-refractivity contribution in [1.29, 1.82) is 0 Å². The van der Waals surface area contributed by atoms with E-state index in [0.717, 1.165) is 50.3 Å². The fourth-order valence-electron chi connectivity index (χ4n) is 5.94. The van der Waals surface area contributed by atoms with Gasteiger partial charge in [0.25, 0.3) is 0 Å². The Kier molecular flexibility index (Phi) is 27.8. The number of carbonyl (C=O) groups excluding carboxylic acids is 1. The van der Waals surface area contributed by atoms with E-state index in [1.807, 2.05) is 30.2 Å². The molecule has 0 aliphatic heterocycles. The van der Waals surface area contributed by atoms with Crippen LogP contribution < -0.4 is 9.30 Å². The normalized spacial score (nSPS) is 12.6. The van der Waals surface area contributed by atoms with E-state index in [0.29, 0.717) is 32.4 Å². The van der Waals surface area contributed by atoms with Crippen molar-refractivity contribution in [3.8, 4) is 6.01 Å². The molecule has 286 valence electrons. The first-order valence-corrected chi connectivity index (χ1v) is 21.2. The molecule has 0 aromatic carbocycles. The van der Waals surface area contributed by atoms with Crippen LogP contribution in [-0.2, 0) is 25.5 Å². The number of thioether (sulfide) groups is 1. The number of hydrogen-bond donors (Lipinski definition) is 0. The molecule has 2 rings (SSSR count). The van der Waals surface area contributed by atoms with E-state index in [9.17, 15) is 4.79 Å². The number of nitrogens with zero attached hydrogens (tertiary/aromatic N) is 4. The Morgan fingerprint density at radius 1 is 0.780 bits per heavy atom. The van der Waals surface area contributed by atoms with Crippen molar-refractivity contribution in [2.45, 2.75) is 161 Å². The van der Waals surface area contributed by atoms with Crippen molar-refractivity contribution in [3.05, 3.63) is 37.2 Å². The summed E-state index contributed by atoms with van der Waals surface area (Å²) in [4.78, 5) is 20.9. The van der Waals surface area contributed by atoms with Crippen molar-refractivity contribution < 1.29 is 28.3 Å². The first-order valence-electron chi connectivity index (χ1n) is 20.1. The molecule has 0 bridgehead atoms. The topological polar surface area (TPSA) is 88.6 Å². The smallest absolute Gasteiger partial charge is 0.351 e. The number of hydrogen-bond acceptors (Lipinski definition) is 8. The van der Waals surface area contributed by atoms with Gasteiger partial charge in [-0.3, -0.25) is 0 Å². The Morgan fingerprint density at radius 3 is 2.02 bits per heavy atom. The minimum absolute atomic E-state index is 0.112. The van der Waals surface area contributed by atoms with Crippen LogP contribution in [0.15, 0.2) is 37.2 Å². The highest BCUT2D eigenvalue weighted by atomic mass is 32.2. The van der Waals surface area contributed by atoms with Crippen LogP contribution in [0.1, 0.15) is 149 Å². The van der Waals surface area contributed by atoms with Gasteiger partial charge in [-0.1, -0.05) is 117 Å². The monoisotopic (exact) mass is 720 g/mol. The quantitative estimate of drug-likeness (QED) is 0.0396. The van der Waals surface area contributed by atoms with Gasteiger partial charge >= 0.3 is 12.0 Å². The summed E-state index contributed by atoms with van der Waals surface area (Å²) in [5, 5.41) is 0. The molecule has 0 fully saturated rings. The van der Waals surface area contributed by atoms with Gasteiger partial charge in [0.05, 0.1) is 26.4 Å². The van der Waals surface area contributed by atoms with Gasteiger partial charge < -0.3 is 18.9 Å². The van der Waals surface area contributed by atoms with Gasteiger partial charge in [0.15, 0.2) is 6.04 Å². The maximum Gasteiger partial charge on any atom is 0.351 e. The van der Waals surface area contributed by atoms with Crippen LogP contribution in [-0.4, -0.2) is 71.1 Å². The summed E-state index contributed by atoms with van der Waals surface area (Å²) in [6.45, 7) is 9.95. The molecule has 0 spiro atoms. The molecule has 2 aromatic heterocycles. The van der Waals surface area contributed by atoms with Crippen molar-refractivity contribution in [2.75, 3.05) is 44.5 Å². The van der Waals surface area contributed by atoms with Gasteiger partial charge in [0.2, 0.25) is 6.33 Å². The number of ether oxygens (including phenoxy) is 4. The summed E-state index contributed by atoms with van der Waals surface area (Å²) in [6.07, 6.45) is 33.9. The first kappa shape index (κ1) is 44.0. The molecule has 9 nitrogen and oxygen atoms in total. The summed E-state index contributed by atoms with van der Waals surface area (Å²) < 4.78 is 27.4. The third-order valence-electron chi connectivity index (χ3n) is 8.89. The van der Waals surface area contributed by atoms with Crippen molar-refractivity contribution >= 4 is 17.7 Å². The Morgan fingerprint density at radius 2 is 1.40 bits per heavy atom. The molecule has 0 aliphatic rings. The first-order chi connectivity index (χ1) is 24.7. The van der Waals surface area contributed by atoms with Gasteiger partial charge in [0.1, 0.15) is 25.0 Å². The number of unbranched alkanes of at least 4 members (excludes halogenated alkanes) is 16. The molecule has 2 heterocycles. The standard InChI is InChI=1S/C40H71N4O5S/c1-4-7-9-10-11-12-13-14-15-16-17-18-19-20-21-22-30-47-34-37(49-40-41-25-23-26-42-40)35-50-33-32-46-31-29-43-27-28-44(36-43)38(24-8-5-2)39(45)48-6-3/h23,25-28,36-38H,4-22,24,29-35H2,1-3H3/q+1. The van der Waals surface area contributed by atoms with E-state index in [1.54, 1.807) is 30.2 Å². The minimum atomic E-state index is -0.275. The number of imidazole rings is 1. The number of aromatic nitrogens is 4. The molecule has 0 amide bonds. The second-order valence-electron chi connectivity index (χ2n) is 13.3. The van der Waals surface area contributed by atoms with Crippen molar-refractivity contribution in [3.63, 3.8) is 0 Å². The van der Waals surface area contributed by atoms with E-state index < -0.39 is 0 Å². The van der Waals surface area contributed by atoms with Crippen LogP contribution in [0.5, 0.6) is 6.01 Å². The van der Waals surface area contributed by atoms with Crippen LogP contribution in [0.25, 0.3) is 0 Å². The Balaban J connectivity index is 1.52. The average Bonchev–Trinajstić information content (AvgIpc) is 3.59. The van der Waals surface area contributed by atoms with E-state index >= 15 is 0 Å². The van der Waals surface area contributed by atoms with Crippen molar-refractivity contribution in [2.24, 2.45) is 0 Å². The highest BCUT2D eigenvalue weighted by Gasteiger charge is 2.26. The lowest BCUT2D eigenvalue weighted by atomic mass is 10.0. The molecule has 0 radical (unpaired) electrons. The van der Waals surface area contributed by atoms with E-state index in [1.165, 1.54) is 96.3 Å². The third kappa shape index (κ3) is 22.6. The maximum atomic E-state index is 12.5. The molecular weight excluding hydrogens is 649 g/mol. The lowest BCUT2D eigenvalue weighted by Crippen LogP contribution is -2.34. The molecular formula is C40H71N4O5S+. The number of rotatable bonds is 35. The fourth-order valence-corrected chi connectivity index (χ4v) is 6.76. The predicted molar refractivity (Wildman–Crippen MR) is 205 cm³/mol. The highest BCUT2D eigenvalue weighted by molar-refractivity contribution is 7.99. The minimum Gasteiger partial charge on any atom is -0.463 e. The van der Waals surface area contributed by atoms with E-state index in [4.69, 9.17) is 18.9 Å². The van der Waals surface area contributed by atoms with Crippen LogP contribution in [0, 0.1) is 0 Å². The Labute approximate surface area is 309 Å². The zero-order chi connectivity index (χ0) is 35.7. The van der Waals surface area contributed by atoms with E-state index in [2.05, 4.69) is 28.4 Å². The Hall–Kier alpha value is -2.17. The average molecular weight is 720 g/mol. The summed E-state index contributed by atoms with van der Waals surface area (Å²) in [6, 6.07) is 1.91. The van der Waals surface area contributed by atoms with Gasteiger partial charge in [-0.05, 0) is 32.3 Å². The second-order valence-corrected chi connectivity index (χ2v) is 14.5. The number of carbonyl (C=O) groups is 1. The Bertz CT molecular complexity index is 1040. The second kappa shape index (κ2) is 31.6. The molecule has 0 saturated carbocycles. The zero-order valence-electron chi connectivity index (χ0n) is 31.9. The maximum absolute atomic E-state index is 12.5. The third-order valence-corrected chi connectivity index (χ3v) is 9.95. The molecule has 2 atom stereocenters. The lowest BCUT2D eigenvalue weighted by molar-refractivity contribution is -0.698. The molecule has 50 heavy (non-hydrogen) atoms. The molecule has 2 aromatic rings. The van der Waals surface area contributed by atoms with Crippen LogP contribution >= 0.6 is 11.8 Å². The van der Waals surface area contributed by atoms with Crippen LogP contribution in [0.3, 0.4) is 0 Å². The summed E-state index contributed by atoms with van der Waals surface area (Å²) in [5.74, 6) is 1.48. The number of esters is 1. The van der Waals surface area contributed by atoms with Gasteiger partial charge in [-0.2, -0.15) is 11.8 Å². The lowest BCUT2D eigenvalue weighted by Gasteiger charge is -2.17. The molecule has 0 N–H and O–H groups in total. The van der Waals surface area contributed by atoms with Gasteiger partial charge in [-0.25, -0.2) is 23.9 Å². The van der Waals surface area contributed by atoms with Crippen molar-refractivity contribution in [1.82, 2.24) is 14.5 Å². The summed E-state index contributed by atoms with van der Waals surface area (Å²) in [5.41, 5.74) is 0. The van der Waals surface area contributed by atoms with Gasteiger partial charge in [-0.15, -0.1) is 0 Å². The predicted octanol–water partition coefficient (Wildman–Crippen LogP) is 9.34. The molecule has 0 saturated heterocycles. The zero-order valence-corrected chi connectivity index (χ0v) is 32.8. The SMILES string of the molecule is CCCCCCCCCCCCCCCCCCOCC(CSCCOCC[n+]1ccn(C(CCCC)C(=O)OCC)c1)Oc1ncccn1. The molecule has 10 heteroatoms. The van der Waals surface area contributed by atoms with Gasteiger partial charge in [0, 0.05) is 30.5 Å². The van der Waals surface area contributed by atoms with Crippen LogP contribution in [0.4, 0.5) is 0 Å². The fraction of sp³-hybridized carbons (Fsp3) is 0.800.